The molecule has 3 unspecified atom stereocenters. The Morgan fingerprint density at radius 2 is 1.86 bits per heavy atom. The number of piperidine rings is 1. The molecule has 0 aromatic rings. The summed E-state index contributed by atoms with van der Waals surface area (Å²) >= 11 is 0. The topological polar surface area (TPSA) is 86.7 Å². The van der Waals surface area contributed by atoms with E-state index < -0.39 is 16.2 Å². The lowest BCUT2D eigenvalue weighted by atomic mass is 9.94. The van der Waals surface area contributed by atoms with E-state index in [1.54, 1.807) is 0 Å². The maximum Gasteiger partial charge on any atom is 0.303 e. The van der Waals surface area contributed by atoms with Crippen LogP contribution in [0.25, 0.3) is 0 Å². The van der Waals surface area contributed by atoms with Crippen molar-refractivity contribution in [2.75, 3.05) is 19.6 Å². The molecule has 0 spiro atoms. The molecular formula is C14H28N2O4S. The first-order chi connectivity index (χ1) is 9.70. The minimum absolute atomic E-state index is 0.134. The number of hydrogen-bond donors (Lipinski definition) is 2. The largest absolute Gasteiger partial charge is 0.481 e. The Morgan fingerprint density at radius 1 is 1.29 bits per heavy atom. The summed E-state index contributed by atoms with van der Waals surface area (Å²) in [6.45, 7) is 7.62. The summed E-state index contributed by atoms with van der Waals surface area (Å²) in [4.78, 5) is 10.5. The van der Waals surface area contributed by atoms with Crippen LogP contribution >= 0.6 is 0 Å². The molecule has 21 heavy (non-hydrogen) atoms. The summed E-state index contributed by atoms with van der Waals surface area (Å²) in [6.07, 6.45) is 2.44. The van der Waals surface area contributed by atoms with Gasteiger partial charge in [0, 0.05) is 26.1 Å². The van der Waals surface area contributed by atoms with Crippen LogP contribution in [-0.4, -0.2) is 43.4 Å². The number of carboxylic acid groups (broad SMARTS) is 1. The van der Waals surface area contributed by atoms with Gasteiger partial charge >= 0.3 is 5.97 Å². The van der Waals surface area contributed by atoms with E-state index >= 15 is 0 Å². The van der Waals surface area contributed by atoms with E-state index in [0.29, 0.717) is 44.3 Å². The Morgan fingerprint density at radius 3 is 2.38 bits per heavy atom. The molecular weight excluding hydrogens is 292 g/mol. The van der Waals surface area contributed by atoms with E-state index in [1.165, 1.54) is 4.31 Å². The summed E-state index contributed by atoms with van der Waals surface area (Å²) in [5.74, 6) is 0.168. The van der Waals surface area contributed by atoms with E-state index in [0.717, 1.165) is 6.42 Å². The van der Waals surface area contributed by atoms with Gasteiger partial charge < -0.3 is 5.11 Å². The highest BCUT2D eigenvalue weighted by Crippen LogP contribution is 2.22. The Bertz CT molecular complexity index is 428. The molecule has 0 aliphatic carbocycles. The second-order valence-corrected chi connectivity index (χ2v) is 8.24. The van der Waals surface area contributed by atoms with E-state index in [-0.39, 0.29) is 12.3 Å². The molecule has 3 atom stereocenters. The standard InChI is InChI=1S/C14H28N2O4S/c1-11(4-5-14(17)18)6-7-15-21(19,20)16-9-12(2)8-13(3)10-16/h11-13,15H,4-10H2,1-3H3,(H,17,18). The van der Waals surface area contributed by atoms with Crippen LogP contribution < -0.4 is 4.72 Å². The average molecular weight is 320 g/mol. The van der Waals surface area contributed by atoms with Crippen molar-refractivity contribution < 1.29 is 18.3 Å². The highest BCUT2D eigenvalue weighted by Gasteiger charge is 2.30. The predicted octanol–water partition coefficient (Wildman–Crippen LogP) is 1.69. The number of carbonyl (C=O) groups is 1. The third-order valence-electron chi connectivity index (χ3n) is 3.95. The van der Waals surface area contributed by atoms with Gasteiger partial charge in [-0.25, -0.2) is 4.72 Å². The fourth-order valence-corrected chi connectivity index (χ4v) is 4.30. The molecule has 1 rings (SSSR count). The summed E-state index contributed by atoms with van der Waals surface area (Å²) in [6, 6.07) is 0. The van der Waals surface area contributed by atoms with Gasteiger partial charge in [0.15, 0.2) is 0 Å². The Kier molecular flexibility index (Phi) is 7.09. The number of rotatable bonds is 8. The van der Waals surface area contributed by atoms with Crippen LogP contribution in [0.15, 0.2) is 0 Å². The first-order valence-electron chi connectivity index (χ1n) is 7.67. The minimum atomic E-state index is -3.41. The van der Waals surface area contributed by atoms with Gasteiger partial charge in [-0.3, -0.25) is 4.79 Å². The Balaban J connectivity index is 2.37. The van der Waals surface area contributed by atoms with E-state index in [1.807, 2.05) is 6.92 Å². The first-order valence-corrected chi connectivity index (χ1v) is 9.11. The van der Waals surface area contributed by atoms with E-state index in [9.17, 15) is 13.2 Å². The molecule has 1 saturated heterocycles. The zero-order chi connectivity index (χ0) is 16.0. The highest BCUT2D eigenvalue weighted by molar-refractivity contribution is 7.87. The third kappa shape index (κ3) is 6.76. The summed E-state index contributed by atoms with van der Waals surface area (Å²) in [5.41, 5.74) is 0. The van der Waals surface area contributed by atoms with Crippen LogP contribution in [0, 0.1) is 17.8 Å². The maximum absolute atomic E-state index is 12.2. The fraction of sp³-hybridized carbons (Fsp3) is 0.929. The second kappa shape index (κ2) is 8.10. The lowest BCUT2D eigenvalue weighted by Gasteiger charge is -2.34. The molecule has 0 amide bonds. The van der Waals surface area contributed by atoms with Crippen molar-refractivity contribution in [1.82, 2.24) is 9.03 Å². The number of carboxylic acids is 1. The lowest BCUT2D eigenvalue weighted by molar-refractivity contribution is -0.137. The van der Waals surface area contributed by atoms with Crippen molar-refractivity contribution in [3.05, 3.63) is 0 Å². The summed E-state index contributed by atoms with van der Waals surface area (Å²) in [7, 11) is -3.41. The van der Waals surface area contributed by atoms with Crippen LogP contribution in [0.2, 0.25) is 0 Å². The first kappa shape index (κ1) is 18.4. The summed E-state index contributed by atoms with van der Waals surface area (Å²) in [5, 5.41) is 8.62. The molecule has 124 valence electrons. The van der Waals surface area contributed by atoms with Crippen molar-refractivity contribution in [3.63, 3.8) is 0 Å². The molecule has 1 aliphatic heterocycles. The molecule has 0 aromatic carbocycles. The van der Waals surface area contributed by atoms with Crippen molar-refractivity contribution in [3.8, 4) is 0 Å². The van der Waals surface area contributed by atoms with E-state index in [4.69, 9.17) is 5.11 Å². The van der Waals surface area contributed by atoms with Gasteiger partial charge in [0.1, 0.15) is 0 Å². The maximum atomic E-state index is 12.2. The van der Waals surface area contributed by atoms with E-state index in [2.05, 4.69) is 18.6 Å². The van der Waals surface area contributed by atoms with Gasteiger partial charge in [0.05, 0.1) is 0 Å². The van der Waals surface area contributed by atoms with Gasteiger partial charge in [0.25, 0.3) is 10.2 Å². The van der Waals surface area contributed by atoms with Crippen LogP contribution in [0.3, 0.4) is 0 Å². The third-order valence-corrected chi connectivity index (χ3v) is 5.49. The molecule has 6 nitrogen and oxygen atoms in total. The van der Waals surface area contributed by atoms with Gasteiger partial charge in [0.2, 0.25) is 0 Å². The van der Waals surface area contributed by atoms with Crippen LogP contribution in [0.4, 0.5) is 0 Å². The van der Waals surface area contributed by atoms with Crippen molar-refractivity contribution in [1.29, 1.82) is 0 Å². The molecule has 0 aromatic heterocycles. The molecule has 1 heterocycles. The van der Waals surface area contributed by atoms with Crippen molar-refractivity contribution in [2.45, 2.75) is 46.5 Å². The predicted molar refractivity (Wildman–Crippen MR) is 82.1 cm³/mol. The summed E-state index contributed by atoms with van der Waals surface area (Å²) < 4.78 is 28.7. The van der Waals surface area contributed by atoms with Crippen LogP contribution in [0.1, 0.15) is 46.5 Å². The molecule has 0 bridgehead atoms. The van der Waals surface area contributed by atoms with Gasteiger partial charge in [-0.15, -0.1) is 0 Å². The SMILES string of the molecule is CC(CCNS(=O)(=O)N1CC(C)CC(C)C1)CCC(=O)O. The van der Waals surface area contributed by atoms with Crippen LogP contribution in [0.5, 0.6) is 0 Å². The smallest absolute Gasteiger partial charge is 0.303 e. The minimum Gasteiger partial charge on any atom is -0.481 e. The molecule has 0 saturated carbocycles. The van der Waals surface area contributed by atoms with Crippen molar-refractivity contribution in [2.24, 2.45) is 17.8 Å². The quantitative estimate of drug-likeness (QED) is 0.712. The average Bonchev–Trinajstić information content (AvgIpc) is 2.35. The van der Waals surface area contributed by atoms with Crippen molar-refractivity contribution >= 4 is 16.2 Å². The number of aliphatic carboxylic acids is 1. The molecule has 2 N–H and O–H groups in total. The molecule has 7 heteroatoms. The van der Waals surface area contributed by atoms with Crippen LogP contribution in [-0.2, 0) is 15.0 Å². The fourth-order valence-electron chi connectivity index (χ4n) is 2.84. The number of nitrogens with zero attached hydrogens (tertiary/aromatic N) is 1. The molecule has 1 aliphatic rings. The number of nitrogens with one attached hydrogen (secondary N) is 1. The van der Waals surface area contributed by atoms with Gasteiger partial charge in [-0.05, 0) is 37.0 Å². The Labute approximate surface area is 128 Å². The normalized spacial score (nSPS) is 25.7. The Hall–Kier alpha value is -0.660. The zero-order valence-electron chi connectivity index (χ0n) is 13.2. The zero-order valence-corrected chi connectivity index (χ0v) is 14.0. The highest BCUT2D eigenvalue weighted by atomic mass is 32.2. The van der Waals surface area contributed by atoms with Gasteiger partial charge in [-0.1, -0.05) is 20.8 Å². The lowest BCUT2D eigenvalue weighted by Crippen LogP contribution is -2.48. The van der Waals surface area contributed by atoms with Gasteiger partial charge in [-0.2, -0.15) is 12.7 Å². The number of hydrogen-bond acceptors (Lipinski definition) is 3. The molecule has 0 radical (unpaired) electrons. The monoisotopic (exact) mass is 320 g/mol. The molecule has 1 fully saturated rings. The second-order valence-electron chi connectivity index (χ2n) is 6.49.